The zero-order valence-corrected chi connectivity index (χ0v) is 13.2. The first-order valence-corrected chi connectivity index (χ1v) is 7.78. The Bertz CT molecular complexity index is 478. The van der Waals surface area contributed by atoms with E-state index in [0.717, 1.165) is 45.8 Å². The third kappa shape index (κ3) is 5.57. The third-order valence-electron chi connectivity index (χ3n) is 3.62. The summed E-state index contributed by atoms with van der Waals surface area (Å²) in [7, 11) is 0. The summed E-state index contributed by atoms with van der Waals surface area (Å²) < 4.78 is 18.8. The third-order valence-corrected chi connectivity index (χ3v) is 3.87. The van der Waals surface area contributed by atoms with Crippen LogP contribution in [0.5, 0.6) is 0 Å². The highest BCUT2D eigenvalue weighted by atomic mass is 32.1. The Kier molecular flexibility index (Phi) is 6.35. The second kappa shape index (κ2) is 8.26. The summed E-state index contributed by atoms with van der Waals surface area (Å²) in [6, 6.07) is 5.02. The Labute approximate surface area is 130 Å². The van der Waals surface area contributed by atoms with Crippen molar-refractivity contribution in [3.63, 3.8) is 0 Å². The molecule has 0 saturated carbocycles. The fraction of sp³-hybridized carbons (Fsp3) is 0.533. The van der Waals surface area contributed by atoms with E-state index in [2.05, 4.69) is 10.6 Å². The molecule has 0 radical (unpaired) electrons. The van der Waals surface area contributed by atoms with E-state index >= 15 is 0 Å². The highest BCUT2D eigenvalue weighted by molar-refractivity contribution is 7.80. The second-order valence-corrected chi connectivity index (χ2v) is 5.72. The van der Waals surface area contributed by atoms with Gasteiger partial charge in [-0.15, -0.1) is 0 Å². The molecule has 0 amide bonds. The Morgan fingerprint density at radius 2 is 2.14 bits per heavy atom. The highest BCUT2D eigenvalue weighted by Gasteiger charge is 2.12. The maximum absolute atomic E-state index is 13.4. The minimum atomic E-state index is -0.223. The first-order valence-electron chi connectivity index (χ1n) is 7.37. The standard InChI is InChI=1S/C15H22FN3OS/c1-12-3-4-13(11-14(12)16)18-15(21)17-5-2-6-19-7-9-20-10-8-19/h3-4,11H,2,5-10H2,1H3,(H2,17,18,21)/p+1. The first-order chi connectivity index (χ1) is 10.1. The maximum atomic E-state index is 13.4. The van der Waals surface area contributed by atoms with Crippen LogP contribution < -0.4 is 15.5 Å². The van der Waals surface area contributed by atoms with E-state index < -0.39 is 0 Å². The number of benzene rings is 1. The van der Waals surface area contributed by atoms with E-state index in [1.807, 2.05) is 6.07 Å². The maximum Gasteiger partial charge on any atom is 0.170 e. The molecule has 116 valence electrons. The number of quaternary nitrogens is 1. The number of halogens is 1. The number of morpholine rings is 1. The number of anilines is 1. The van der Waals surface area contributed by atoms with E-state index in [0.29, 0.717) is 16.4 Å². The Morgan fingerprint density at radius 3 is 2.86 bits per heavy atom. The average Bonchev–Trinajstić information content (AvgIpc) is 2.49. The van der Waals surface area contributed by atoms with Gasteiger partial charge in [0.15, 0.2) is 5.11 Å². The minimum Gasteiger partial charge on any atom is -0.370 e. The van der Waals surface area contributed by atoms with Crippen LogP contribution in [0.15, 0.2) is 18.2 Å². The molecule has 1 aromatic carbocycles. The first kappa shape index (κ1) is 16.1. The van der Waals surface area contributed by atoms with Crippen molar-refractivity contribution in [1.29, 1.82) is 0 Å². The van der Waals surface area contributed by atoms with Crippen molar-refractivity contribution < 1.29 is 14.0 Å². The molecule has 0 spiro atoms. The number of ether oxygens (including phenoxy) is 1. The van der Waals surface area contributed by atoms with Crippen molar-refractivity contribution in [2.24, 2.45) is 0 Å². The molecule has 3 N–H and O–H groups in total. The SMILES string of the molecule is Cc1ccc(NC(=S)NCCC[NH+]2CCOCC2)cc1F. The van der Waals surface area contributed by atoms with Crippen LogP contribution in [0.1, 0.15) is 12.0 Å². The van der Waals surface area contributed by atoms with E-state index in [9.17, 15) is 4.39 Å². The molecule has 1 heterocycles. The van der Waals surface area contributed by atoms with Gasteiger partial charge in [0.1, 0.15) is 18.9 Å². The molecule has 0 unspecified atom stereocenters. The van der Waals surface area contributed by atoms with E-state index in [1.165, 1.54) is 6.07 Å². The molecule has 6 heteroatoms. The summed E-state index contributed by atoms with van der Waals surface area (Å²) in [4.78, 5) is 1.59. The van der Waals surface area contributed by atoms with Crippen LogP contribution in [0.2, 0.25) is 0 Å². The number of aryl methyl sites for hydroxylation is 1. The molecular weight excluding hydrogens is 289 g/mol. The summed E-state index contributed by atoms with van der Waals surface area (Å²) in [5.41, 5.74) is 1.31. The molecule has 1 saturated heterocycles. The Hall–Kier alpha value is -1.24. The predicted molar refractivity (Wildman–Crippen MR) is 86.4 cm³/mol. The summed E-state index contributed by atoms with van der Waals surface area (Å²) in [5.74, 6) is -0.223. The quantitative estimate of drug-likeness (QED) is 0.553. The predicted octanol–water partition coefficient (Wildman–Crippen LogP) is 0.726. The van der Waals surface area contributed by atoms with Gasteiger partial charge in [0.2, 0.25) is 0 Å². The van der Waals surface area contributed by atoms with Gasteiger partial charge in [0.05, 0.1) is 19.8 Å². The zero-order chi connectivity index (χ0) is 15.1. The van der Waals surface area contributed by atoms with Gasteiger partial charge in [-0.1, -0.05) is 6.07 Å². The number of hydrogen-bond acceptors (Lipinski definition) is 2. The number of nitrogens with one attached hydrogen (secondary N) is 3. The van der Waals surface area contributed by atoms with Crippen LogP contribution >= 0.6 is 12.2 Å². The van der Waals surface area contributed by atoms with Crippen LogP contribution in [0.25, 0.3) is 0 Å². The molecule has 0 atom stereocenters. The average molecular weight is 312 g/mol. The lowest BCUT2D eigenvalue weighted by molar-refractivity contribution is -0.908. The molecule has 1 fully saturated rings. The lowest BCUT2D eigenvalue weighted by atomic mass is 10.2. The van der Waals surface area contributed by atoms with Gasteiger partial charge >= 0.3 is 0 Å². The monoisotopic (exact) mass is 312 g/mol. The molecular formula is C15H23FN3OS+. The van der Waals surface area contributed by atoms with Gasteiger partial charge in [-0.3, -0.25) is 0 Å². The molecule has 1 aliphatic heterocycles. The molecule has 0 aromatic heterocycles. The summed E-state index contributed by atoms with van der Waals surface area (Å²) in [6.07, 6.45) is 1.05. The molecule has 1 aromatic rings. The normalized spacial score (nSPS) is 15.7. The minimum absolute atomic E-state index is 0.223. The number of thiocarbonyl (C=S) groups is 1. The van der Waals surface area contributed by atoms with Gasteiger partial charge in [-0.05, 0) is 36.8 Å². The fourth-order valence-corrected chi connectivity index (χ4v) is 2.52. The van der Waals surface area contributed by atoms with Gasteiger partial charge in [0.25, 0.3) is 0 Å². The van der Waals surface area contributed by atoms with Crippen LogP contribution in [-0.4, -0.2) is 44.5 Å². The lowest BCUT2D eigenvalue weighted by Crippen LogP contribution is -3.14. The van der Waals surface area contributed by atoms with E-state index in [4.69, 9.17) is 17.0 Å². The van der Waals surface area contributed by atoms with E-state index in [1.54, 1.807) is 17.9 Å². The van der Waals surface area contributed by atoms with Crippen molar-refractivity contribution in [2.75, 3.05) is 44.7 Å². The van der Waals surface area contributed by atoms with Crippen LogP contribution in [-0.2, 0) is 4.74 Å². The smallest absolute Gasteiger partial charge is 0.170 e. The van der Waals surface area contributed by atoms with Gasteiger partial charge in [-0.2, -0.15) is 0 Å². The molecule has 0 bridgehead atoms. The van der Waals surface area contributed by atoms with Crippen LogP contribution in [0.3, 0.4) is 0 Å². The Morgan fingerprint density at radius 1 is 1.38 bits per heavy atom. The van der Waals surface area contributed by atoms with Crippen LogP contribution in [0.4, 0.5) is 10.1 Å². The largest absolute Gasteiger partial charge is 0.370 e. The molecule has 1 aliphatic rings. The van der Waals surface area contributed by atoms with Gasteiger partial charge in [0, 0.05) is 18.7 Å². The van der Waals surface area contributed by atoms with Crippen molar-refractivity contribution >= 4 is 23.0 Å². The van der Waals surface area contributed by atoms with Gasteiger partial charge in [-0.25, -0.2) is 4.39 Å². The van der Waals surface area contributed by atoms with Gasteiger partial charge < -0.3 is 20.3 Å². The molecule has 2 rings (SSSR count). The van der Waals surface area contributed by atoms with Crippen LogP contribution in [0, 0.1) is 12.7 Å². The highest BCUT2D eigenvalue weighted by Crippen LogP contribution is 2.13. The summed E-state index contributed by atoms with van der Waals surface area (Å²) in [6.45, 7) is 7.59. The van der Waals surface area contributed by atoms with Crippen molar-refractivity contribution in [1.82, 2.24) is 5.32 Å². The molecule has 4 nitrogen and oxygen atoms in total. The zero-order valence-electron chi connectivity index (χ0n) is 12.4. The van der Waals surface area contributed by atoms with Crippen molar-refractivity contribution in [2.45, 2.75) is 13.3 Å². The number of rotatable bonds is 5. The van der Waals surface area contributed by atoms with Crippen molar-refractivity contribution in [3.8, 4) is 0 Å². The number of hydrogen-bond donors (Lipinski definition) is 3. The lowest BCUT2D eigenvalue weighted by Gasteiger charge is -2.23. The summed E-state index contributed by atoms with van der Waals surface area (Å²) >= 11 is 5.21. The molecule has 21 heavy (non-hydrogen) atoms. The fourth-order valence-electron chi connectivity index (χ4n) is 2.30. The Balaban J connectivity index is 1.63. The van der Waals surface area contributed by atoms with E-state index in [-0.39, 0.29) is 5.82 Å². The summed E-state index contributed by atoms with van der Waals surface area (Å²) in [5, 5.41) is 6.70. The van der Waals surface area contributed by atoms with Crippen molar-refractivity contribution in [3.05, 3.63) is 29.6 Å². The molecule has 0 aliphatic carbocycles. The second-order valence-electron chi connectivity index (χ2n) is 5.31. The topological polar surface area (TPSA) is 37.7 Å².